The van der Waals surface area contributed by atoms with Gasteiger partial charge in [0.15, 0.2) is 0 Å². The highest BCUT2D eigenvalue weighted by atomic mass is 32.1. The van der Waals surface area contributed by atoms with E-state index in [2.05, 4.69) is 25.3 Å². The first-order chi connectivity index (χ1) is 16.0. The van der Waals surface area contributed by atoms with Gasteiger partial charge < -0.3 is 19.9 Å². The molecular formula is C23H25N7O2S. The molecule has 0 aromatic carbocycles. The topological polar surface area (TPSA) is 95.8 Å². The maximum Gasteiger partial charge on any atom is 0.320 e. The number of nitrogens with zero attached hydrogens (tertiary/aromatic N) is 6. The summed E-state index contributed by atoms with van der Waals surface area (Å²) in [6.07, 6.45) is 6.23. The summed E-state index contributed by atoms with van der Waals surface area (Å²) in [6.45, 7) is 7.28. The third-order valence-corrected chi connectivity index (χ3v) is 7.48. The van der Waals surface area contributed by atoms with Gasteiger partial charge in [0, 0.05) is 48.0 Å². The number of hydrogen-bond donors (Lipinski definition) is 1. The highest BCUT2D eigenvalue weighted by Gasteiger charge is 2.32. The number of urea groups is 1. The van der Waals surface area contributed by atoms with Crippen LogP contribution in [0.5, 0.6) is 0 Å². The van der Waals surface area contributed by atoms with Crippen molar-refractivity contribution in [2.75, 3.05) is 25.0 Å². The first-order valence-corrected chi connectivity index (χ1v) is 12.1. The van der Waals surface area contributed by atoms with Crippen molar-refractivity contribution >= 4 is 45.4 Å². The average Bonchev–Trinajstić information content (AvgIpc) is 3.41. The van der Waals surface area contributed by atoms with E-state index in [0.29, 0.717) is 32.7 Å². The second-order valence-corrected chi connectivity index (χ2v) is 9.97. The molecule has 3 aromatic heterocycles. The second-order valence-electron chi connectivity index (χ2n) is 8.89. The minimum Gasteiger partial charge on any atom is -0.372 e. The summed E-state index contributed by atoms with van der Waals surface area (Å²) in [5, 5.41) is 4.42. The SMILES string of the molecule is C[C@@H]1CN(C(=O)N2CCc3c(sc4ncnc(Nc5cc6c(cn5)CN=C6)c34)C2)C[C@H](C)O1. The number of hydrogen-bond acceptors (Lipinski definition) is 8. The Balaban J connectivity index is 1.26. The van der Waals surface area contributed by atoms with Crippen molar-refractivity contribution in [3.63, 3.8) is 0 Å². The Kier molecular flexibility index (Phi) is 4.99. The van der Waals surface area contributed by atoms with Crippen molar-refractivity contribution in [1.82, 2.24) is 24.8 Å². The first kappa shape index (κ1) is 20.5. The molecule has 170 valence electrons. The summed E-state index contributed by atoms with van der Waals surface area (Å²) in [5.74, 6) is 1.50. The van der Waals surface area contributed by atoms with Crippen molar-refractivity contribution in [3.05, 3.63) is 40.2 Å². The molecule has 6 heterocycles. The van der Waals surface area contributed by atoms with Gasteiger partial charge in [-0.25, -0.2) is 19.7 Å². The normalized spacial score (nSPS) is 21.9. The number of carbonyl (C=O) groups is 1. The zero-order chi connectivity index (χ0) is 22.5. The number of anilines is 2. The van der Waals surface area contributed by atoms with E-state index in [4.69, 9.17) is 4.74 Å². The lowest BCUT2D eigenvalue weighted by atomic mass is 10.0. The zero-order valence-corrected chi connectivity index (χ0v) is 19.4. The molecule has 3 aromatic rings. The molecule has 9 nitrogen and oxygen atoms in total. The summed E-state index contributed by atoms with van der Waals surface area (Å²) >= 11 is 1.64. The van der Waals surface area contributed by atoms with Crippen LogP contribution >= 0.6 is 11.3 Å². The van der Waals surface area contributed by atoms with Crippen LogP contribution in [0.4, 0.5) is 16.4 Å². The van der Waals surface area contributed by atoms with Crippen LogP contribution in [-0.4, -0.2) is 68.8 Å². The minimum atomic E-state index is 0.0605. The van der Waals surface area contributed by atoms with Crippen LogP contribution in [0.1, 0.15) is 35.4 Å². The van der Waals surface area contributed by atoms with Crippen LogP contribution in [0.3, 0.4) is 0 Å². The fourth-order valence-corrected chi connectivity index (χ4v) is 6.11. The van der Waals surface area contributed by atoms with Gasteiger partial charge in [0.25, 0.3) is 0 Å². The maximum absolute atomic E-state index is 13.2. The summed E-state index contributed by atoms with van der Waals surface area (Å²) < 4.78 is 5.79. The largest absolute Gasteiger partial charge is 0.372 e. The molecule has 33 heavy (non-hydrogen) atoms. The molecule has 3 aliphatic rings. The molecule has 3 aliphatic heterocycles. The molecule has 0 radical (unpaired) electrons. The van der Waals surface area contributed by atoms with Crippen molar-refractivity contribution < 1.29 is 9.53 Å². The van der Waals surface area contributed by atoms with Gasteiger partial charge in [-0.15, -0.1) is 11.3 Å². The molecule has 0 unspecified atom stereocenters. The van der Waals surface area contributed by atoms with Crippen molar-refractivity contribution in [3.8, 4) is 0 Å². The fraction of sp³-hybridized carbons (Fsp3) is 0.435. The number of aliphatic imine (C=N–C) groups is 1. The number of morpholine rings is 1. The molecule has 0 aliphatic carbocycles. The smallest absolute Gasteiger partial charge is 0.320 e. The quantitative estimate of drug-likeness (QED) is 0.626. The Labute approximate surface area is 195 Å². The Morgan fingerprint density at radius 3 is 2.88 bits per heavy atom. The van der Waals surface area contributed by atoms with Gasteiger partial charge in [-0.1, -0.05) is 0 Å². The third-order valence-electron chi connectivity index (χ3n) is 6.36. The Morgan fingerprint density at radius 2 is 2.03 bits per heavy atom. The van der Waals surface area contributed by atoms with Crippen LogP contribution in [0, 0.1) is 0 Å². The lowest BCUT2D eigenvalue weighted by Gasteiger charge is -2.39. The number of pyridine rings is 1. The molecule has 0 saturated carbocycles. The van der Waals surface area contributed by atoms with Crippen LogP contribution in [-0.2, 0) is 24.2 Å². The van der Waals surface area contributed by atoms with Crippen molar-refractivity contribution in [2.24, 2.45) is 4.99 Å². The number of fused-ring (bicyclic) bond motifs is 4. The number of carbonyl (C=O) groups excluding carboxylic acids is 1. The van der Waals surface area contributed by atoms with Crippen LogP contribution in [0.2, 0.25) is 0 Å². The van der Waals surface area contributed by atoms with Crippen molar-refractivity contribution in [2.45, 2.75) is 45.6 Å². The molecule has 0 spiro atoms. The lowest BCUT2D eigenvalue weighted by molar-refractivity contribution is -0.0585. The van der Waals surface area contributed by atoms with E-state index in [0.717, 1.165) is 39.4 Å². The molecule has 6 rings (SSSR count). The molecule has 2 amide bonds. The van der Waals surface area contributed by atoms with E-state index in [9.17, 15) is 4.79 Å². The molecule has 2 atom stereocenters. The summed E-state index contributed by atoms with van der Waals surface area (Å²) in [6, 6.07) is 2.09. The highest BCUT2D eigenvalue weighted by molar-refractivity contribution is 7.19. The van der Waals surface area contributed by atoms with E-state index in [1.54, 1.807) is 17.7 Å². The van der Waals surface area contributed by atoms with Crippen molar-refractivity contribution in [1.29, 1.82) is 0 Å². The van der Waals surface area contributed by atoms with Gasteiger partial charge in [0.1, 0.15) is 22.8 Å². The Morgan fingerprint density at radius 1 is 1.18 bits per heavy atom. The Hall–Kier alpha value is -3.11. The summed E-state index contributed by atoms with van der Waals surface area (Å²) in [4.78, 5) is 37.1. The number of thiophene rings is 1. The minimum absolute atomic E-state index is 0.0605. The Bertz CT molecular complexity index is 1260. The average molecular weight is 464 g/mol. The van der Waals surface area contributed by atoms with Crippen LogP contribution < -0.4 is 5.32 Å². The van der Waals surface area contributed by atoms with E-state index in [-0.39, 0.29) is 18.2 Å². The number of rotatable bonds is 2. The third kappa shape index (κ3) is 3.72. The maximum atomic E-state index is 13.2. The molecule has 1 fully saturated rings. The van der Waals surface area contributed by atoms with Gasteiger partial charge in [-0.05, 0) is 31.9 Å². The lowest BCUT2D eigenvalue weighted by Crippen LogP contribution is -2.53. The number of nitrogens with one attached hydrogen (secondary N) is 1. The number of aromatic nitrogens is 3. The summed E-state index contributed by atoms with van der Waals surface area (Å²) in [7, 11) is 0. The second kappa shape index (κ2) is 8.03. The monoisotopic (exact) mass is 463 g/mol. The molecule has 1 saturated heterocycles. The predicted octanol–water partition coefficient (Wildman–Crippen LogP) is 3.35. The van der Waals surface area contributed by atoms with Crippen LogP contribution in [0.15, 0.2) is 23.6 Å². The van der Waals surface area contributed by atoms with E-state index in [1.165, 1.54) is 10.4 Å². The molecule has 10 heteroatoms. The predicted molar refractivity (Wildman–Crippen MR) is 127 cm³/mol. The first-order valence-electron chi connectivity index (χ1n) is 11.3. The highest BCUT2D eigenvalue weighted by Crippen LogP contribution is 2.38. The van der Waals surface area contributed by atoms with Gasteiger partial charge in [0.05, 0.1) is 30.7 Å². The number of ether oxygens (including phenoxy) is 1. The van der Waals surface area contributed by atoms with Gasteiger partial charge in [-0.3, -0.25) is 4.99 Å². The van der Waals surface area contributed by atoms with Crippen LogP contribution in [0.25, 0.3) is 10.2 Å². The standard InChI is InChI=1S/C23H25N7O2S/c1-13-9-30(10-14(2)32-13)23(31)29-4-3-17-18(11-29)33-22-20(17)21(26-12-27-22)28-19-5-15-6-24-7-16(15)8-25-19/h5-6,8,12-14H,3-4,7,9-11H2,1-2H3,(H,25,26,27,28)/t13-,14+. The number of amides is 2. The molecule has 0 bridgehead atoms. The molecule has 1 N–H and O–H groups in total. The zero-order valence-electron chi connectivity index (χ0n) is 18.6. The molecular weight excluding hydrogens is 438 g/mol. The van der Waals surface area contributed by atoms with Gasteiger partial charge >= 0.3 is 6.03 Å². The summed E-state index contributed by atoms with van der Waals surface area (Å²) in [5.41, 5.74) is 3.45. The van der Waals surface area contributed by atoms with E-state index >= 15 is 0 Å². The van der Waals surface area contributed by atoms with Gasteiger partial charge in [-0.2, -0.15) is 0 Å². The fourth-order valence-electron chi connectivity index (χ4n) is 4.90. The van der Waals surface area contributed by atoms with Gasteiger partial charge in [0.2, 0.25) is 0 Å². The van der Waals surface area contributed by atoms with E-state index in [1.807, 2.05) is 42.1 Å². The van der Waals surface area contributed by atoms with E-state index < -0.39 is 0 Å².